The van der Waals surface area contributed by atoms with Crippen molar-refractivity contribution in [1.82, 2.24) is 5.32 Å². The Morgan fingerprint density at radius 3 is 2.53 bits per heavy atom. The van der Waals surface area contributed by atoms with Gasteiger partial charge < -0.3 is 15.2 Å². The number of hydrogen-bond acceptors (Lipinski definition) is 3. The second kappa shape index (κ2) is 7.59. The predicted molar refractivity (Wildman–Crippen MR) is 75.9 cm³/mol. The summed E-state index contributed by atoms with van der Waals surface area (Å²) in [5.41, 5.74) is 0.930. The zero-order valence-electron chi connectivity index (χ0n) is 11.6. The second-order valence-electron chi connectivity index (χ2n) is 4.60. The minimum absolute atomic E-state index is 0.0481. The molecule has 4 nitrogen and oxygen atoms in total. The van der Waals surface area contributed by atoms with Crippen molar-refractivity contribution < 1.29 is 14.6 Å². The van der Waals surface area contributed by atoms with Crippen molar-refractivity contribution in [2.24, 2.45) is 0 Å². The molecular weight excluding hydrogens is 242 g/mol. The standard InChI is InChI=1S/C15H21NO3/c1-11(10-12(2)17)16-15(18)9-6-13-4-7-14(19-3)8-5-13/h4-9,11-12,17H,10H2,1-3H3,(H,16,18)/b9-6+. The van der Waals surface area contributed by atoms with Crippen LogP contribution >= 0.6 is 0 Å². The summed E-state index contributed by atoms with van der Waals surface area (Å²) in [4.78, 5) is 11.6. The quantitative estimate of drug-likeness (QED) is 0.772. The van der Waals surface area contributed by atoms with Crippen LogP contribution in [0.1, 0.15) is 25.8 Å². The fourth-order valence-corrected chi connectivity index (χ4v) is 1.75. The third-order valence-corrected chi connectivity index (χ3v) is 2.63. The molecule has 1 aromatic carbocycles. The third kappa shape index (κ3) is 6.06. The van der Waals surface area contributed by atoms with Crippen molar-refractivity contribution in [2.75, 3.05) is 7.11 Å². The van der Waals surface area contributed by atoms with E-state index in [2.05, 4.69) is 5.32 Å². The SMILES string of the molecule is COc1ccc(/C=C/C(=O)NC(C)CC(C)O)cc1. The van der Waals surface area contributed by atoms with Crippen molar-refractivity contribution in [3.63, 3.8) is 0 Å². The number of amides is 1. The van der Waals surface area contributed by atoms with E-state index in [0.29, 0.717) is 6.42 Å². The molecule has 4 heteroatoms. The highest BCUT2D eigenvalue weighted by atomic mass is 16.5. The number of methoxy groups -OCH3 is 1. The van der Waals surface area contributed by atoms with Crippen molar-refractivity contribution in [1.29, 1.82) is 0 Å². The van der Waals surface area contributed by atoms with E-state index in [1.807, 2.05) is 31.2 Å². The van der Waals surface area contributed by atoms with E-state index in [1.165, 1.54) is 6.08 Å². The zero-order valence-corrected chi connectivity index (χ0v) is 11.6. The number of benzene rings is 1. The number of aliphatic hydroxyl groups is 1. The number of hydrogen-bond donors (Lipinski definition) is 2. The lowest BCUT2D eigenvalue weighted by Gasteiger charge is -2.13. The van der Waals surface area contributed by atoms with Crippen molar-refractivity contribution in [3.05, 3.63) is 35.9 Å². The van der Waals surface area contributed by atoms with Gasteiger partial charge in [-0.3, -0.25) is 4.79 Å². The maximum Gasteiger partial charge on any atom is 0.244 e. The summed E-state index contributed by atoms with van der Waals surface area (Å²) in [6.45, 7) is 3.57. The molecule has 2 atom stereocenters. The average molecular weight is 263 g/mol. The monoisotopic (exact) mass is 263 g/mol. The van der Waals surface area contributed by atoms with Crippen LogP contribution in [0.5, 0.6) is 5.75 Å². The first-order chi connectivity index (χ1) is 9.01. The summed E-state index contributed by atoms with van der Waals surface area (Å²) >= 11 is 0. The smallest absolute Gasteiger partial charge is 0.244 e. The van der Waals surface area contributed by atoms with Crippen LogP contribution in [0, 0.1) is 0 Å². The van der Waals surface area contributed by atoms with Gasteiger partial charge in [0.05, 0.1) is 13.2 Å². The normalized spacial score (nSPS) is 14.1. The van der Waals surface area contributed by atoms with E-state index in [-0.39, 0.29) is 11.9 Å². The van der Waals surface area contributed by atoms with Gasteiger partial charge in [0.25, 0.3) is 0 Å². The number of nitrogens with one attached hydrogen (secondary N) is 1. The van der Waals surface area contributed by atoms with Gasteiger partial charge in [0, 0.05) is 12.1 Å². The van der Waals surface area contributed by atoms with Crippen LogP contribution in [0.4, 0.5) is 0 Å². The van der Waals surface area contributed by atoms with Crippen molar-refractivity contribution >= 4 is 12.0 Å². The van der Waals surface area contributed by atoms with Crippen LogP contribution in [0.15, 0.2) is 30.3 Å². The molecule has 2 N–H and O–H groups in total. The molecule has 0 bridgehead atoms. The molecule has 1 amide bonds. The van der Waals surface area contributed by atoms with Crippen molar-refractivity contribution in [2.45, 2.75) is 32.4 Å². The molecule has 104 valence electrons. The first-order valence-corrected chi connectivity index (χ1v) is 6.32. The molecule has 19 heavy (non-hydrogen) atoms. The van der Waals surface area contributed by atoms with Crippen LogP contribution in [0.2, 0.25) is 0 Å². The fourth-order valence-electron chi connectivity index (χ4n) is 1.75. The Morgan fingerprint density at radius 2 is 2.00 bits per heavy atom. The first kappa shape index (κ1) is 15.2. The van der Waals surface area contributed by atoms with Gasteiger partial charge in [-0.1, -0.05) is 12.1 Å². The minimum atomic E-state index is -0.416. The summed E-state index contributed by atoms with van der Waals surface area (Å²) in [5.74, 6) is 0.621. The highest BCUT2D eigenvalue weighted by molar-refractivity contribution is 5.91. The lowest BCUT2D eigenvalue weighted by Crippen LogP contribution is -2.33. The van der Waals surface area contributed by atoms with Crippen LogP contribution in [-0.4, -0.2) is 30.3 Å². The zero-order chi connectivity index (χ0) is 14.3. The fraction of sp³-hybridized carbons (Fsp3) is 0.400. The molecule has 1 aromatic rings. The molecule has 0 aliphatic carbocycles. The molecule has 0 saturated carbocycles. The van der Waals surface area contributed by atoms with Gasteiger partial charge in [-0.2, -0.15) is 0 Å². The summed E-state index contributed by atoms with van der Waals surface area (Å²) < 4.78 is 5.06. The highest BCUT2D eigenvalue weighted by Gasteiger charge is 2.07. The molecule has 0 radical (unpaired) electrons. The molecule has 0 saturated heterocycles. The second-order valence-corrected chi connectivity index (χ2v) is 4.60. The summed E-state index contributed by atoms with van der Waals surface area (Å²) in [6, 6.07) is 7.39. The lowest BCUT2D eigenvalue weighted by atomic mass is 10.1. The van der Waals surface area contributed by atoms with E-state index in [0.717, 1.165) is 11.3 Å². The lowest BCUT2D eigenvalue weighted by molar-refractivity contribution is -0.117. The summed E-state index contributed by atoms with van der Waals surface area (Å²) in [6.07, 6.45) is 3.35. The Kier molecular flexibility index (Phi) is 6.09. The predicted octanol–water partition coefficient (Wildman–Crippen LogP) is 1.98. The van der Waals surface area contributed by atoms with Gasteiger partial charge in [-0.05, 0) is 44.0 Å². The van der Waals surface area contributed by atoms with E-state index in [9.17, 15) is 9.90 Å². The Balaban J connectivity index is 2.48. The van der Waals surface area contributed by atoms with Gasteiger partial charge in [0.15, 0.2) is 0 Å². The largest absolute Gasteiger partial charge is 0.497 e. The van der Waals surface area contributed by atoms with Gasteiger partial charge in [-0.15, -0.1) is 0 Å². The van der Waals surface area contributed by atoms with Crippen LogP contribution in [-0.2, 0) is 4.79 Å². The Bertz CT molecular complexity index is 424. The Labute approximate surface area is 114 Å². The molecule has 0 spiro atoms. The molecule has 0 aliphatic rings. The number of rotatable bonds is 6. The Hall–Kier alpha value is -1.81. The molecule has 0 aromatic heterocycles. The molecule has 0 fully saturated rings. The van der Waals surface area contributed by atoms with Crippen LogP contribution in [0.25, 0.3) is 6.08 Å². The van der Waals surface area contributed by atoms with E-state index < -0.39 is 6.10 Å². The number of aliphatic hydroxyl groups excluding tert-OH is 1. The van der Waals surface area contributed by atoms with Gasteiger partial charge in [0.2, 0.25) is 5.91 Å². The molecule has 2 unspecified atom stereocenters. The first-order valence-electron chi connectivity index (χ1n) is 6.32. The minimum Gasteiger partial charge on any atom is -0.497 e. The summed E-state index contributed by atoms with van der Waals surface area (Å²) in [7, 11) is 1.61. The van der Waals surface area contributed by atoms with E-state index >= 15 is 0 Å². The maximum atomic E-state index is 11.6. The third-order valence-electron chi connectivity index (χ3n) is 2.63. The van der Waals surface area contributed by atoms with E-state index in [1.54, 1.807) is 20.1 Å². The molecular formula is C15H21NO3. The van der Waals surface area contributed by atoms with Gasteiger partial charge >= 0.3 is 0 Å². The maximum absolute atomic E-state index is 11.6. The molecule has 0 heterocycles. The molecule has 1 rings (SSSR count). The van der Waals surface area contributed by atoms with Crippen molar-refractivity contribution in [3.8, 4) is 5.75 Å². The highest BCUT2D eigenvalue weighted by Crippen LogP contribution is 2.12. The van der Waals surface area contributed by atoms with Gasteiger partial charge in [0.1, 0.15) is 5.75 Å². The van der Waals surface area contributed by atoms with Crippen LogP contribution in [0.3, 0.4) is 0 Å². The number of ether oxygens (including phenoxy) is 1. The summed E-state index contributed by atoms with van der Waals surface area (Å²) in [5, 5.41) is 12.0. The van der Waals surface area contributed by atoms with E-state index in [4.69, 9.17) is 4.74 Å². The topological polar surface area (TPSA) is 58.6 Å². The van der Waals surface area contributed by atoms with Gasteiger partial charge in [-0.25, -0.2) is 0 Å². The molecule has 0 aliphatic heterocycles. The Morgan fingerprint density at radius 1 is 1.37 bits per heavy atom. The average Bonchev–Trinajstić information content (AvgIpc) is 2.36. The number of carbonyl (C=O) groups is 1. The number of carbonyl (C=O) groups excluding carboxylic acids is 1. The van der Waals surface area contributed by atoms with Crippen LogP contribution < -0.4 is 10.1 Å².